The molecule has 2 N–H and O–H groups in total. The maximum atomic E-state index is 12.6. The van der Waals surface area contributed by atoms with Crippen LogP contribution in [-0.2, 0) is 22.4 Å². The van der Waals surface area contributed by atoms with Gasteiger partial charge in [0.2, 0.25) is 11.8 Å². The number of ether oxygens (including phenoxy) is 1. The lowest BCUT2D eigenvalue weighted by Crippen LogP contribution is -2.38. The molecule has 0 saturated carbocycles. The summed E-state index contributed by atoms with van der Waals surface area (Å²) in [6.45, 7) is 2.03. The largest absolute Gasteiger partial charge is 0.464 e. The highest BCUT2D eigenvalue weighted by Crippen LogP contribution is 2.36. The number of anilines is 1. The number of fused-ring (bicyclic) bond motifs is 1. The van der Waals surface area contributed by atoms with Crippen LogP contribution in [0.4, 0.5) is 5.69 Å². The van der Waals surface area contributed by atoms with Gasteiger partial charge in [-0.15, -0.1) is 0 Å². The van der Waals surface area contributed by atoms with E-state index in [9.17, 15) is 9.59 Å². The third kappa shape index (κ3) is 4.49. The van der Waals surface area contributed by atoms with Crippen LogP contribution in [0.25, 0.3) is 11.1 Å². The van der Waals surface area contributed by atoms with Crippen LogP contribution in [0.15, 0.2) is 66.9 Å². The lowest BCUT2D eigenvalue weighted by Gasteiger charge is -2.10. The van der Waals surface area contributed by atoms with E-state index in [1.807, 2.05) is 60.7 Å². The minimum atomic E-state index is -0.594. The summed E-state index contributed by atoms with van der Waals surface area (Å²) in [6.07, 6.45) is 2.31. The molecule has 2 aromatic carbocycles. The van der Waals surface area contributed by atoms with Crippen LogP contribution in [0, 0.1) is 0 Å². The van der Waals surface area contributed by atoms with E-state index in [4.69, 9.17) is 4.74 Å². The minimum Gasteiger partial charge on any atom is -0.464 e. The summed E-state index contributed by atoms with van der Waals surface area (Å²) >= 11 is 0. The zero-order valence-electron chi connectivity index (χ0n) is 16.7. The summed E-state index contributed by atoms with van der Waals surface area (Å²) < 4.78 is 5.84. The second-order valence-electron chi connectivity index (χ2n) is 7.24. The Morgan fingerprint density at radius 3 is 2.73 bits per heavy atom. The van der Waals surface area contributed by atoms with Gasteiger partial charge in [0.25, 0.3) is 5.91 Å². The Kier molecular flexibility index (Phi) is 5.75. The molecule has 2 heterocycles. The molecular formula is C24H23N3O3. The van der Waals surface area contributed by atoms with E-state index in [0.717, 1.165) is 28.8 Å². The standard InChI is InChI=1S/C24H23N3O3/c1-16(28)27-19-9-5-8-18(14-19)20-11-13-26-24-21(20)15-22(30-24)23(29)25-12-10-17-6-3-2-4-7-17/h2-9,11,13-14,22H,10,12,15H2,1H3,(H,25,29)(H,27,28). The number of carbonyl (C=O) groups is 2. The van der Waals surface area contributed by atoms with Crippen molar-refractivity contribution in [3.05, 3.63) is 78.0 Å². The van der Waals surface area contributed by atoms with Crippen LogP contribution in [0.3, 0.4) is 0 Å². The molecule has 1 aliphatic heterocycles. The zero-order valence-corrected chi connectivity index (χ0v) is 16.7. The summed E-state index contributed by atoms with van der Waals surface area (Å²) in [7, 11) is 0. The molecule has 0 fully saturated rings. The molecule has 0 spiro atoms. The number of pyridine rings is 1. The Morgan fingerprint density at radius 2 is 1.93 bits per heavy atom. The molecule has 3 aromatic rings. The van der Waals surface area contributed by atoms with Crippen molar-refractivity contribution in [1.82, 2.24) is 10.3 Å². The van der Waals surface area contributed by atoms with Crippen molar-refractivity contribution in [2.75, 3.05) is 11.9 Å². The average Bonchev–Trinajstić information content (AvgIpc) is 3.19. The molecule has 1 atom stereocenters. The van der Waals surface area contributed by atoms with Gasteiger partial charge in [-0.1, -0.05) is 42.5 Å². The van der Waals surface area contributed by atoms with Gasteiger partial charge in [0, 0.05) is 37.3 Å². The van der Waals surface area contributed by atoms with Crippen molar-refractivity contribution >= 4 is 17.5 Å². The van der Waals surface area contributed by atoms with Gasteiger partial charge in [-0.25, -0.2) is 4.98 Å². The Balaban J connectivity index is 1.44. The number of rotatable bonds is 6. The first-order chi connectivity index (χ1) is 14.6. The Hall–Kier alpha value is -3.67. The van der Waals surface area contributed by atoms with Gasteiger partial charge >= 0.3 is 0 Å². The molecule has 152 valence electrons. The fourth-order valence-corrected chi connectivity index (χ4v) is 3.61. The van der Waals surface area contributed by atoms with Gasteiger partial charge < -0.3 is 15.4 Å². The van der Waals surface area contributed by atoms with Gasteiger partial charge in [-0.05, 0) is 41.3 Å². The van der Waals surface area contributed by atoms with Crippen molar-refractivity contribution in [2.24, 2.45) is 0 Å². The molecule has 1 unspecified atom stereocenters. The van der Waals surface area contributed by atoms with E-state index in [1.165, 1.54) is 12.5 Å². The smallest absolute Gasteiger partial charge is 0.261 e. The first kappa shape index (κ1) is 19.6. The van der Waals surface area contributed by atoms with Crippen LogP contribution in [-0.4, -0.2) is 29.4 Å². The fourth-order valence-electron chi connectivity index (χ4n) is 3.61. The van der Waals surface area contributed by atoms with E-state index in [2.05, 4.69) is 15.6 Å². The average molecular weight is 401 g/mol. The first-order valence-corrected chi connectivity index (χ1v) is 9.94. The third-order valence-electron chi connectivity index (χ3n) is 5.00. The molecule has 6 nitrogen and oxygen atoms in total. The highest BCUT2D eigenvalue weighted by atomic mass is 16.5. The summed E-state index contributed by atoms with van der Waals surface area (Å²) in [5.41, 5.74) is 4.69. The number of hydrogen-bond acceptors (Lipinski definition) is 4. The maximum Gasteiger partial charge on any atom is 0.261 e. The summed E-state index contributed by atoms with van der Waals surface area (Å²) in [4.78, 5) is 28.3. The normalized spacial score (nSPS) is 14.5. The van der Waals surface area contributed by atoms with Gasteiger partial charge in [-0.3, -0.25) is 9.59 Å². The summed E-state index contributed by atoms with van der Waals surface area (Å²) in [6, 6.07) is 19.5. The Morgan fingerprint density at radius 1 is 1.10 bits per heavy atom. The van der Waals surface area contributed by atoms with Crippen molar-refractivity contribution < 1.29 is 14.3 Å². The Bertz CT molecular complexity index is 1070. The monoisotopic (exact) mass is 401 g/mol. The molecule has 0 saturated heterocycles. The lowest BCUT2D eigenvalue weighted by atomic mass is 9.98. The second-order valence-corrected chi connectivity index (χ2v) is 7.24. The topological polar surface area (TPSA) is 80.3 Å². The number of aromatic nitrogens is 1. The zero-order chi connectivity index (χ0) is 20.9. The number of carbonyl (C=O) groups excluding carboxylic acids is 2. The van der Waals surface area contributed by atoms with Crippen molar-refractivity contribution in [3.63, 3.8) is 0 Å². The molecule has 2 amide bonds. The molecule has 30 heavy (non-hydrogen) atoms. The lowest BCUT2D eigenvalue weighted by molar-refractivity contribution is -0.127. The van der Waals surface area contributed by atoms with Gasteiger partial charge in [0.05, 0.1) is 0 Å². The molecule has 0 bridgehead atoms. The molecule has 6 heteroatoms. The first-order valence-electron chi connectivity index (χ1n) is 9.94. The molecule has 0 radical (unpaired) electrons. The molecule has 0 aliphatic carbocycles. The molecule has 1 aromatic heterocycles. The number of hydrogen-bond donors (Lipinski definition) is 2. The van der Waals surface area contributed by atoms with Crippen LogP contribution < -0.4 is 15.4 Å². The molecule has 4 rings (SSSR count). The predicted octanol–water partition coefficient (Wildman–Crippen LogP) is 3.37. The summed E-state index contributed by atoms with van der Waals surface area (Å²) in [5, 5.41) is 5.76. The highest BCUT2D eigenvalue weighted by Gasteiger charge is 2.32. The number of nitrogens with one attached hydrogen (secondary N) is 2. The van der Waals surface area contributed by atoms with E-state index < -0.39 is 6.10 Å². The van der Waals surface area contributed by atoms with E-state index in [-0.39, 0.29) is 11.8 Å². The maximum absolute atomic E-state index is 12.6. The van der Waals surface area contributed by atoms with E-state index in [0.29, 0.717) is 18.8 Å². The van der Waals surface area contributed by atoms with Gasteiger partial charge in [0.1, 0.15) is 0 Å². The highest BCUT2D eigenvalue weighted by molar-refractivity contribution is 5.90. The number of benzene rings is 2. The number of nitrogens with zero attached hydrogens (tertiary/aromatic N) is 1. The Labute approximate surface area is 175 Å². The van der Waals surface area contributed by atoms with Crippen molar-refractivity contribution in [2.45, 2.75) is 25.9 Å². The third-order valence-corrected chi connectivity index (χ3v) is 5.00. The quantitative estimate of drug-likeness (QED) is 0.664. The van der Waals surface area contributed by atoms with Crippen LogP contribution in [0.2, 0.25) is 0 Å². The second kappa shape index (κ2) is 8.78. The number of amides is 2. The fraction of sp³-hybridized carbons (Fsp3) is 0.208. The van der Waals surface area contributed by atoms with Gasteiger partial charge in [0.15, 0.2) is 6.10 Å². The molecule has 1 aliphatic rings. The SMILES string of the molecule is CC(=O)Nc1cccc(-c2ccnc3c2CC(C(=O)NCCc2ccccc2)O3)c1. The van der Waals surface area contributed by atoms with Crippen LogP contribution in [0.1, 0.15) is 18.1 Å². The van der Waals surface area contributed by atoms with Crippen LogP contribution >= 0.6 is 0 Å². The van der Waals surface area contributed by atoms with Crippen LogP contribution in [0.5, 0.6) is 5.88 Å². The predicted molar refractivity (Wildman–Crippen MR) is 115 cm³/mol. The molecular weight excluding hydrogens is 378 g/mol. The minimum absolute atomic E-state index is 0.123. The van der Waals surface area contributed by atoms with Crippen molar-refractivity contribution in [1.29, 1.82) is 0 Å². The van der Waals surface area contributed by atoms with E-state index >= 15 is 0 Å². The van der Waals surface area contributed by atoms with Crippen molar-refractivity contribution in [3.8, 4) is 17.0 Å². The summed E-state index contributed by atoms with van der Waals surface area (Å²) in [5.74, 6) is 0.227. The van der Waals surface area contributed by atoms with E-state index in [1.54, 1.807) is 6.20 Å². The van der Waals surface area contributed by atoms with Gasteiger partial charge in [-0.2, -0.15) is 0 Å².